The van der Waals surface area contributed by atoms with E-state index in [4.69, 9.17) is 3.32 Å². The van der Waals surface area contributed by atoms with E-state index in [0.29, 0.717) is 0 Å². The number of hydrogen-bond donors (Lipinski definition) is 3. The molecule has 23 heavy (non-hydrogen) atoms. The summed E-state index contributed by atoms with van der Waals surface area (Å²) in [6.45, 7) is 9.10. The third-order valence-electron chi connectivity index (χ3n) is 4.24. The molecule has 0 unspecified atom stereocenters. The van der Waals surface area contributed by atoms with Crippen molar-refractivity contribution in [1.82, 2.24) is 19.3 Å². The van der Waals surface area contributed by atoms with E-state index in [2.05, 4.69) is 29.8 Å². The maximum absolute atomic E-state index is 5.85. The van der Waals surface area contributed by atoms with Crippen molar-refractivity contribution in [2.24, 2.45) is 0 Å². The second kappa shape index (κ2) is 16.6. The van der Waals surface area contributed by atoms with Crippen LogP contribution in [0.3, 0.4) is 0 Å². The van der Waals surface area contributed by atoms with Gasteiger partial charge in [-0.1, -0.05) is 0 Å². The smallest absolute Gasteiger partial charge is 0.147 e. The van der Waals surface area contributed by atoms with Crippen molar-refractivity contribution in [2.75, 3.05) is 59.5 Å². The minimum atomic E-state index is -2.20. The first-order valence-electron chi connectivity index (χ1n) is 8.59. The van der Waals surface area contributed by atoms with Crippen LogP contribution in [0.15, 0.2) is 0 Å². The summed E-state index contributed by atoms with van der Waals surface area (Å²) in [5.41, 5.74) is 0. The van der Waals surface area contributed by atoms with Crippen molar-refractivity contribution in [2.45, 2.75) is 36.1 Å². The average molecular weight is 409 g/mol. The van der Waals surface area contributed by atoms with E-state index in [-0.39, 0.29) is 24.8 Å². The first-order valence-corrected chi connectivity index (χ1v) is 13.0. The van der Waals surface area contributed by atoms with Crippen molar-refractivity contribution in [3.63, 3.8) is 0 Å². The van der Waals surface area contributed by atoms with Gasteiger partial charge in [0.25, 0.3) is 0 Å². The SMILES string of the molecule is C[O][Ti]([CH3])([CH3])[N]1CCCNCCCNCCCNCCC1.Cl.Cl. The van der Waals surface area contributed by atoms with Crippen LogP contribution in [-0.4, -0.2) is 62.8 Å². The molecule has 0 radical (unpaired) electrons. The van der Waals surface area contributed by atoms with Gasteiger partial charge in [-0.25, -0.2) is 0 Å². The Hall–Kier alpha value is 1.09. The Labute approximate surface area is 160 Å². The van der Waals surface area contributed by atoms with E-state index in [1.54, 1.807) is 0 Å². The van der Waals surface area contributed by atoms with Gasteiger partial charge in [-0.05, 0) is 0 Å². The normalized spacial score (nSPS) is 21.0. The monoisotopic (exact) mass is 408 g/mol. The van der Waals surface area contributed by atoms with Gasteiger partial charge in [-0.2, -0.15) is 0 Å². The first-order chi connectivity index (χ1) is 10.2. The van der Waals surface area contributed by atoms with Crippen LogP contribution in [-0.2, 0) is 20.6 Å². The number of nitrogens with one attached hydrogen (secondary N) is 3. The Bertz CT molecular complexity index is 248. The van der Waals surface area contributed by atoms with Gasteiger partial charge < -0.3 is 0 Å². The molecule has 0 aromatic heterocycles. The van der Waals surface area contributed by atoms with Crippen LogP contribution >= 0.6 is 24.8 Å². The van der Waals surface area contributed by atoms with Gasteiger partial charge in [0, 0.05) is 0 Å². The van der Waals surface area contributed by atoms with Crippen LogP contribution in [0.25, 0.3) is 0 Å². The summed E-state index contributed by atoms with van der Waals surface area (Å²) in [4.78, 5) is 0. The third kappa shape index (κ3) is 13.0. The molecule has 0 aromatic rings. The summed E-state index contributed by atoms with van der Waals surface area (Å²) < 4.78 is 8.50. The van der Waals surface area contributed by atoms with Crippen molar-refractivity contribution in [3.8, 4) is 0 Å². The van der Waals surface area contributed by atoms with Crippen LogP contribution in [0.4, 0.5) is 0 Å². The van der Waals surface area contributed by atoms with Crippen molar-refractivity contribution in [3.05, 3.63) is 0 Å². The Morgan fingerprint density at radius 1 is 0.696 bits per heavy atom. The molecule has 1 rings (SSSR count). The van der Waals surface area contributed by atoms with E-state index in [9.17, 15) is 0 Å². The molecule has 0 aliphatic carbocycles. The van der Waals surface area contributed by atoms with Crippen LogP contribution < -0.4 is 16.0 Å². The van der Waals surface area contributed by atoms with E-state index < -0.39 is 17.2 Å². The fraction of sp³-hybridized carbons (Fsp3) is 1.00. The fourth-order valence-electron chi connectivity index (χ4n) is 2.62. The number of hydrogen-bond acceptors (Lipinski definition) is 5. The average Bonchev–Trinajstić information content (AvgIpc) is 2.47. The summed E-state index contributed by atoms with van der Waals surface area (Å²) in [6, 6.07) is 0. The summed E-state index contributed by atoms with van der Waals surface area (Å²) in [7, 11) is 1.89. The van der Waals surface area contributed by atoms with E-state index >= 15 is 0 Å². The molecule has 1 aliphatic rings. The molecule has 1 saturated heterocycles. The number of nitrogens with zero attached hydrogens (tertiary/aromatic N) is 1. The minimum Gasteiger partial charge on any atom is -0.147 e. The zero-order valence-corrected chi connectivity index (χ0v) is 18.4. The minimum absolute atomic E-state index is 0. The van der Waals surface area contributed by atoms with Crippen molar-refractivity contribution in [1.29, 1.82) is 0 Å². The third-order valence-corrected chi connectivity index (χ3v) is 8.88. The molecule has 0 spiro atoms. The predicted molar refractivity (Wildman–Crippen MR) is 102 cm³/mol. The van der Waals surface area contributed by atoms with E-state index in [1.807, 2.05) is 7.11 Å². The first kappa shape index (κ1) is 26.3. The standard InChI is InChI=1S/C12H27N4.CH3O.2CH3.2ClH.Ti/c1-5-13-7-2-9-15-11-4-12-16-10-3-8-14-6-1;1-2;;;;;/h13-15H,1-12H2;1H3;2*1H3;2*1H;/q2*-1;;;;;+2. The molecule has 0 atom stereocenters. The van der Waals surface area contributed by atoms with Gasteiger partial charge in [-0.15, -0.1) is 24.8 Å². The van der Waals surface area contributed by atoms with Crippen LogP contribution in [0.1, 0.15) is 25.7 Å². The van der Waals surface area contributed by atoms with Gasteiger partial charge in [-0.3, -0.25) is 0 Å². The summed E-state index contributed by atoms with van der Waals surface area (Å²) >= 11 is -2.20. The quantitative estimate of drug-likeness (QED) is 0.611. The molecule has 0 aromatic carbocycles. The topological polar surface area (TPSA) is 48.6 Å². The molecule has 0 bridgehead atoms. The number of rotatable bonds is 2. The molecule has 0 amide bonds. The second-order valence-electron chi connectivity index (χ2n) is 6.30. The Morgan fingerprint density at radius 3 is 1.39 bits per heavy atom. The van der Waals surface area contributed by atoms with Gasteiger partial charge in [0.1, 0.15) is 0 Å². The summed E-state index contributed by atoms with van der Waals surface area (Å²) in [6.07, 6.45) is 4.88. The Morgan fingerprint density at radius 2 is 1.04 bits per heavy atom. The van der Waals surface area contributed by atoms with Gasteiger partial charge in [0.15, 0.2) is 0 Å². The summed E-state index contributed by atoms with van der Waals surface area (Å²) in [5, 5.41) is 15.3. The molecule has 1 aliphatic heterocycles. The zero-order chi connectivity index (χ0) is 15.4. The molecule has 8 heteroatoms. The van der Waals surface area contributed by atoms with Crippen LogP contribution in [0.2, 0.25) is 10.5 Å². The van der Waals surface area contributed by atoms with Crippen molar-refractivity contribution < 1.29 is 20.6 Å². The van der Waals surface area contributed by atoms with Crippen LogP contribution in [0, 0.1) is 0 Å². The zero-order valence-electron chi connectivity index (χ0n) is 15.2. The maximum Gasteiger partial charge on any atom is -0.147 e. The Balaban J connectivity index is 0. The van der Waals surface area contributed by atoms with Crippen molar-refractivity contribution >= 4 is 24.8 Å². The maximum atomic E-state index is 5.85. The molecule has 1 heterocycles. The summed E-state index contributed by atoms with van der Waals surface area (Å²) in [5.74, 6) is 0. The van der Waals surface area contributed by atoms with Gasteiger partial charge in [0.2, 0.25) is 0 Å². The van der Waals surface area contributed by atoms with E-state index in [1.165, 1.54) is 38.8 Å². The largest absolute Gasteiger partial charge is 0.147 e. The molecule has 0 saturated carbocycles. The molecule has 5 nitrogen and oxygen atoms in total. The van der Waals surface area contributed by atoms with Gasteiger partial charge in [0.05, 0.1) is 0 Å². The molecule has 3 N–H and O–H groups in total. The van der Waals surface area contributed by atoms with Gasteiger partial charge >= 0.3 is 135 Å². The number of halogens is 2. The predicted octanol–water partition coefficient (Wildman–Crippen LogP) is 2.20. The van der Waals surface area contributed by atoms with Crippen LogP contribution in [0.5, 0.6) is 0 Å². The molecular weight excluding hydrogens is 371 g/mol. The Kier molecular flexibility index (Phi) is 18.9. The second-order valence-corrected chi connectivity index (χ2v) is 12.4. The molecular formula is C15H38Cl2N4OTi. The molecule has 1 fully saturated rings. The fourth-order valence-corrected chi connectivity index (χ4v) is 5.20. The van der Waals surface area contributed by atoms with E-state index in [0.717, 1.165) is 39.3 Å². The molecule has 142 valence electrons.